The van der Waals surface area contributed by atoms with Crippen LogP contribution < -0.4 is 0 Å². The molecule has 55 heavy (non-hydrogen) atoms. The minimum Gasteiger partial charge on any atom is -0.462 e. The van der Waals surface area contributed by atoms with Gasteiger partial charge >= 0.3 is 11.9 Å². The Morgan fingerprint density at radius 1 is 0.509 bits per heavy atom. The van der Waals surface area contributed by atoms with E-state index < -0.39 is 0 Å². The van der Waals surface area contributed by atoms with Gasteiger partial charge in [0.15, 0.2) is 5.12 Å². The third kappa shape index (κ3) is 29.7. The fraction of sp³-hybridized carbons (Fsp3) is 0.938. The second-order valence-corrected chi connectivity index (χ2v) is 18.2. The maximum Gasteiger partial charge on any atom is 0.306 e. The molecule has 1 unspecified atom stereocenters. The van der Waals surface area contributed by atoms with Crippen LogP contribution in [0.5, 0.6) is 0 Å². The van der Waals surface area contributed by atoms with Gasteiger partial charge in [-0.2, -0.15) is 0 Å². The quantitative estimate of drug-likeness (QED) is 0.0458. The van der Waals surface area contributed by atoms with Crippen molar-refractivity contribution in [3.05, 3.63) is 0 Å². The van der Waals surface area contributed by atoms with Crippen LogP contribution in [0.15, 0.2) is 0 Å². The predicted molar refractivity (Wildman–Crippen MR) is 237 cm³/mol. The molecule has 0 radical (unpaired) electrons. The van der Waals surface area contributed by atoms with Gasteiger partial charge in [0, 0.05) is 24.0 Å². The van der Waals surface area contributed by atoms with E-state index in [4.69, 9.17) is 9.47 Å². The van der Waals surface area contributed by atoms with Crippen LogP contribution in [0.4, 0.5) is 0 Å². The molecule has 0 N–H and O–H groups in total. The van der Waals surface area contributed by atoms with Crippen LogP contribution in [0.1, 0.15) is 247 Å². The molecule has 0 bridgehead atoms. The summed E-state index contributed by atoms with van der Waals surface area (Å²) in [6.07, 6.45) is 35.0. The number of hydrogen-bond acceptors (Lipinski definition) is 7. The largest absolute Gasteiger partial charge is 0.462 e. The lowest BCUT2D eigenvalue weighted by atomic mass is 9.97. The molecule has 1 aliphatic rings. The topological polar surface area (TPSA) is 72.9 Å². The van der Waals surface area contributed by atoms with Crippen molar-refractivity contribution >= 4 is 28.8 Å². The smallest absolute Gasteiger partial charge is 0.306 e. The molecule has 1 heterocycles. The van der Waals surface area contributed by atoms with Gasteiger partial charge in [-0.3, -0.25) is 14.4 Å². The van der Waals surface area contributed by atoms with E-state index in [1.807, 2.05) is 0 Å². The highest BCUT2D eigenvalue weighted by atomic mass is 32.2. The number of nitrogens with zero attached hydrogens (tertiary/aromatic N) is 1. The van der Waals surface area contributed by atoms with E-state index in [1.54, 1.807) is 11.8 Å². The number of unbranched alkanes of at least 4 members (excludes halogenated alkanes) is 16. The highest BCUT2D eigenvalue weighted by Gasteiger charge is 2.26. The lowest BCUT2D eigenvalue weighted by molar-refractivity contribution is -0.150. The van der Waals surface area contributed by atoms with Gasteiger partial charge in [0.2, 0.25) is 0 Å². The van der Waals surface area contributed by atoms with Crippen LogP contribution in [-0.2, 0) is 23.9 Å². The predicted octanol–water partition coefficient (Wildman–Crippen LogP) is 14.3. The lowest BCUT2D eigenvalue weighted by Crippen LogP contribution is -2.24. The normalized spacial score (nSPS) is 15.2. The maximum atomic E-state index is 13.9. The third-order valence-electron chi connectivity index (χ3n) is 11.8. The summed E-state index contributed by atoms with van der Waals surface area (Å²) in [6.45, 7) is 14.4. The van der Waals surface area contributed by atoms with E-state index in [1.165, 1.54) is 103 Å². The summed E-state index contributed by atoms with van der Waals surface area (Å²) in [5.41, 5.74) is 0. The van der Waals surface area contributed by atoms with Crippen molar-refractivity contribution in [2.45, 2.75) is 264 Å². The molecule has 0 aromatic carbocycles. The summed E-state index contributed by atoms with van der Waals surface area (Å²) >= 11 is 1.55. The molecule has 0 aliphatic carbocycles. The number of carbonyl (C=O) groups is 3. The van der Waals surface area contributed by atoms with Crippen LogP contribution in [0.3, 0.4) is 0 Å². The molecule has 0 aromatic rings. The molecule has 1 aliphatic heterocycles. The standard InChI is InChI=1S/C48H91NO5S/c1-6-11-15-19-23-32-43(33-24-20-16-12-7-2)53-46(50)37-27-30-42(48(52)55-45-36-29-40-49(10-5)41-39-45)31-28-38-47(51)54-44(34-25-21-17-13-8-3)35-26-22-18-14-9-4/h42-45H,6-41H2,1-5H3. The van der Waals surface area contributed by atoms with Crippen LogP contribution in [0.25, 0.3) is 0 Å². The number of esters is 2. The van der Waals surface area contributed by atoms with Crippen LogP contribution in [-0.4, -0.2) is 59.0 Å². The zero-order chi connectivity index (χ0) is 40.2. The fourth-order valence-corrected chi connectivity index (χ4v) is 9.37. The second kappa shape index (κ2) is 37.2. The second-order valence-electron chi connectivity index (χ2n) is 16.9. The van der Waals surface area contributed by atoms with E-state index in [0.29, 0.717) is 43.8 Å². The zero-order valence-electron chi connectivity index (χ0n) is 37.2. The highest BCUT2D eigenvalue weighted by Crippen LogP contribution is 2.31. The summed E-state index contributed by atoms with van der Waals surface area (Å²) in [6, 6.07) is 0. The Bertz CT molecular complexity index is 835. The highest BCUT2D eigenvalue weighted by molar-refractivity contribution is 8.14. The van der Waals surface area contributed by atoms with Crippen LogP contribution >= 0.6 is 11.8 Å². The van der Waals surface area contributed by atoms with Crippen molar-refractivity contribution < 1.29 is 23.9 Å². The van der Waals surface area contributed by atoms with Gasteiger partial charge < -0.3 is 14.4 Å². The number of likely N-dealkylation sites (tertiary alicyclic amines) is 1. The van der Waals surface area contributed by atoms with Crippen LogP contribution in [0, 0.1) is 5.92 Å². The molecule has 0 aromatic heterocycles. The van der Waals surface area contributed by atoms with E-state index in [0.717, 1.165) is 90.3 Å². The van der Waals surface area contributed by atoms with Crippen molar-refractivity contribution in [2.24, 2.45) is 5.92 Å². The van der Waals surface area contributed by atoms with E-state index in [2.05, 4.69) is 39.5 Å². The lowest BCUT2D eigenvalue weighted by Gasteiger charge is -2.21. The average Bonchev–Trinajstić information content (AvgIpc) is 3.41. The Kier molecular flexibility index (Phi) is 35.1. The summed E-state index contributed by atoms with van der Waals surface area (Å²) in [5, 5.41) is 0.609. The van der Waals surface area contributed by atoms with Crippen molar-refractivity contribution in [3.63, 3.8) is 0 Å². The van der Waals surface area contributed by atoms with Crippen molar-refractivity contribution in [1.82, 2.24) is 4.90 Å². The first kappa shape index (κ1) is 51.9. The average molecular weight is 794 g/mol. The van der Waals surface area contributed by atoms with Gasteiger partial charge in [-0.1, -0.05) is 149 Å². The van der Waals surface area contributed by atoms with Gasteiger partial charge in [-0.05, 0) is 116 Å². The Hall–Kier alpha value is -1.08. The molecule has 1 fully saturated rings. The van der Waals surface area contributed by atoms with Crippen LogP contribution in [0.2, 0.25) is 0 Å². The maximum absolute atomic E-state index is 13.9. The first-order valence-corrected chi connectivity index (χ1v) is 25.1. The van der Waals surface area contributed by atoms with Gasteiger partial charge in [-0.25, -0.2) is 0 Å². The molecule has 1 rings (SSSR count). The number of thioether (sulfide) groups is 1. The molecule has 1 atom stereocenters. The molecular weight excluding hydrogens is 703 g/mol. The molecule has 1 saturated heterocycles. The SMILES string of the molecule is CCCCCCCC(CCCCCCC)OC(=O)CCCC(CCCC(=O)OC(CCCCCCC)CCCCCCC)C(=O)SC1CCCN(CC)CC1. The third-order valence-corrected chi connectivity index (χ3v) is 13.2. The Labute approximate surface area is 345 Å². The summed E-state index contributed by atoms with van der Waals surface area (Å²) in [7, 11) is 0. The van der Waals surface area contributed by atoms with Crippen molar-refractivity contribution in [1.29, 1.82) is 0 Å². The van der Waals surface area contributed by atoms with Gasteiger partial charge in [0.25, 0.3) is 0 Å². The number of ether oxygens (including phenoxy) is 2. The molecule has 0 spiro atoms. The number of hydrogen-bond donors (Lipinski definition) is 0. The molecular formula is C48H91NO5S. The van der Waals surface area contributed by atoms with Crippen molar-refractivity contribution in [2.75, 3.05) is 19.6 Å². The first-order chi connectivity index (χ1) is 26.9. The van der Waals surface area contributed by atoms with E-state index in [9.17, 15) is 14.4 Å². The van der Waals surface area contributed by atoms with Gasteiger partial charge in [0.05, 0.1) is 0 Å². The summed E-state index contributed by atoms with van der Waals surface area (Å²) in [4.78, 5) is 42.7. The number of carbonyl (C=O) groups excluding carboxylic acids is 3. The zero-order valence-corrected chi connectivity index (χ0v) is 38.0. The van der Waals surface area contributed by atoms with E-state index in [-0.39, 0.29) is 35.2 Å². The van der Waals surface area contributed by atoms with Crippen molar-refractivity contribution in [3.8, 4) is 0 Å². The minimum absolute atomic E-state index is 0.0178. The number of rotatable bonds is 37. The summed E-state index contributed by atoms with van der Waals surface area (Å²) < 4.78 is 12.2. The Balaban J connectivity index is 2.78. The van der Waals surface area contributed by atoms with E-state index >= 15 is 0 Å². The van der Waals surface area contributed by atoms with Gasteiger partial charge in [0.1, 0.15) is 12.2 Å². The molecule has 6 nitrogen and oxygen atoms in total. The Morgan fingerprint density at radius 3 is 1.29 bits per heavy atom. The molecule has 7 heteroatoms. The Morgan fingerprint density at radius 2 is 0.909 bits per heavy atom. The molecule has 324 valence electrons. The first-order valence-electron chi connectivity index (χ1n) is 24.2. The summed E-state index contributed by atoms with van der Waals surface area (Å²) in [5.74, 6) is -0.348. The van der Waals surface area contributed by atoms with Gasteiger partial charge in [-0.15, -0.1) is 0 Å². The monoisotopic (exact) mass is 794 g/mol. The molecule has 0 amide bonds. The molecule has 0 saturated carbocycles. The minimum atomic E-state index is -0.142. The fourth-order valence-electron chi connectivity index (χ4n) is 8.10.